The molecule has 0 heterocycles. The van der Waals surface area contributed by atoms with E-state index in [9.17, 15) is 0 Å². The molecule has 3 N–H and O–H groups in total. The number of methoxy groups -OCH3 is 1. The molecule has 0 saturated carbocycles. The molecule has 0 unspecified atom stereocenters. The average molecular weight is 174 g/mol. The molecule has 0 aliphatic carbocycles. The predicted octanol–water partition coefficient (Wildman–Crippen LogP) is -0.596. The van der Waals surface area contributed by atoms with Crippen molar-refractivity contribution < 1.29 is 4.74 Å². The molecule has 0 amide bonds. The number of hydrogen-bond acceptors (Lipinski definition) is 3. The quantitative estimate of drug-likeness (QED) is 0.259. The standard InChI is InChI=1S/C7H18N4O/c1-4-9-7(10-8)11(2)5-6-12-3/h4-6,8H2,1-3H3,(H,9,10). The molecule has 0 aromatic heterocycles. The van der Waals surface area contributed by atoms with Gasteiger partial charge in [-0.2, -0.15) is 0 Å². The van der Waals surface area contributed by atoms with Crippen LogP contribution in [0, 0.1) is 0 Å². The smallest absolute Gasteiger partial charge is 0.208 e. The molecule has 0 atom stereocenters. The van der Waals surface area contributed by atoms with Crippen molar-refractivity contribution in [2.24, 2.45) is 10.8 Å². The van der Waals surface area contributed by atoms with Gasteiger partial charge in [0.1, 0.15) is 0 Å². The largest absolute Gasteiger partial charge is 0.383 e. The van der Waals surface area contributed by atoms with Gasteiger partial charge in [0.25, 0.3) is 0 Å². The Labute approximate surface area is 73.6 Å². The van der Waals surface area contributed by atoms with Crippen molar-refractivity contribution in [3.63, 3.8) is 0 Å². The Morgan fingerprint density at radius 1 is 1.67 bits per heavy atom. The Hall–Kier alpha value is -0.810. The minimum Gasteiger partial charge on any atom is -0.383 e. The van der Waals surface area contributed by atoms with Crippen molar-refractivity contribution in [1.82, 2.24) is 10.3 Å². The van der Waals surface area contributed by atoms with Gasteiger partial charge in [-0.3, -0.25) is 10.4 Å². The number of hydrogen-bond donors (Lipinski definition) is 2. The molecule has 72 valence electrons. The van der Waals surface area contributed by atoms with Crippen LogP contribution in [0.1, 0.15) is 6.92 Å². The van der Waals surface area contributed by atoms with Gasteiger partial charge in [-0.1, -0.05) is 0 Å². The van der Waals surface area contributed by atoms with Crippen LogP contribution < -0.4 is 11.3 Å². The predicted molar refractivity (Wildman–Crippen MR) is 49.8 cm³/mol. The monoisotopic (exact) mass is 174 g/mol. The van der Waals surface area contributed by atoms with Crippen molar-refractivity contribution in [3.05, 3.63) is 0 Å². The number of ether oxygens (including phenoxy) is 1. The number of nitrogens with zero attached hydrogens (tertiary/aromatic N) is 2. The molecule has 0 spiro atoms. The third-order valence-corrected chi connectivity index (χ3v) is 1.43. The van der Waals surface area contributed by atoms with Gasteiger partial charge in [0.05, 0.1) is 6.61 Å². The van der Waals surface area contributed by atoms with Crippen molar-refractivity contribution in [1.29, 1.82) is 0 Å². The zero-order valence-corrected chi connectivity index (χ0v) is 8.00. The lowest BCUT2D eigenvalue weighted by atomic mass is 10.6. The van der Waals surface area contributed by atoms with Gasteiger partial charge in [0, 0.05) is 27.2 Å². The Morgan fingerprint density at radius 3 is 2.75 bits per heavy atom. The molecule has 0 radical (unpaired) electrons. The first-order chi connectivity index (χ1) is 5.76. The number of aliphatic imine (C=N–C) groups is 1. The highest BCUT2D eigenvalue weighted by Crippen LogP contribution is 1.84. The van der Waals surface area contributed by atoms with Gasteiger partial charge in [0.15, 0.2) is 0 Å². The Balaban J connectivity index is 3.85. The van der Waals surface area contributed by atoms with Crippen LogP contribution in [-0.4, -0.2) is 44.7 Å². The molecule has 5 heteroatoms. The summed E-state index contributed by atoms with van der Waals surface area (Å²) >= 11 is 0. The molecule has 0 rings (SSSR count). The summed E-state index contributed by atoms with van der Waals surface area (Å²) in [4.78, 5) is 6.06. The third kappa shape index (κ3) is 4.15. The minimum absolute atomic E-state index is 0.668. The second kappa shape index (κ2) is 6.87. The lowest BCUT2D eigenvalue weighted by molar-refractivity contribution is 0.181. The maximum absolute atomic E-state index is 5.27. The number of rotatable bonds is 4. The van der Waals surface area contributed by atoms with E-state index < -0.39 is 0 Å². The van der Waals surface area contributed by atoms with Gasteiger partial charge >= 0.3 is 0 Å². The Kier molecular flexibility index (Phi) is 6.41. The molecule has 0 aliphatic rings. The summed E-state index contributed by atoms with van der Waals surface area (Å²) < 4.78 is 4.92. The van der Waals surface area contributed by atoms with Gasteiger partial charge < -0.3 is 9.64 Å². The van der Waals surface area contributed by atoms with E-state index in [4.69, 9.17) is 10.6 Å². The van der Waals surface area contributed by atoms with Crippen LogP contribution in [-0.2, 0) is 4.74 Å². The molecule has 0 aromatic rings. The highest BCUT2D eigenvalue weighted by molar-refractivity contribution is 5.79. The van der Waals surface area contributed by atoms with Crippen molar-refractivity contribution in [2.75, 3.05) is 33.9 Å². The Bertz CT molecular complexity index is 137. The molecule has 0 saturated heterocycles. The molecule has 5 nitrogen and oxygen atoms in total. The van der Waals surface area contributed by atoms with E-state index >= 15 is 0 Å². The van der Waals surface area contributed by atoms with E-state index in [1.165, 1.54) is 0 Å². The number of nitrogens with one attached hydrogen (secondary N) is 1. The number of hydrazine groups is 1. The SMILES string of the molecule is CCN=C(NN)N(C)CCOC. The summed E-state index contributed by atoms with van der Waals surface area (Å²) in [7, 11) is 3.58. The summed E-state index contributed by atoms with van der Waals surface area (Å²) in [6.07, 6.45) is 0. The van der Waals surface area contributed by atoms with E-state index in [2.05, 4.69) is 10.4 Å². The van der Waals surface area contributed by atoms with Crippen molar-refractivity contribution in [2.45, 2.75) is 6.92 Å². The summed E-state index contributed by atoms with van der Waals surface area (Å²) in [5, 5.41) is 0. The van der Waals surface area contributed by atoms with Crippen LogP contribution >= 0.6 is 0 Å². The molecular formula is C7H18N4O. The zero-order chi connectivity index (χ0) is 9.40. The van der Waals surface area contributed by atoms with Gasteiger partial charge in [0.2, 0.25) is 5.96 Å². The number of guanidine groups is 1. The highest BCUT2D eigenvalue weighted by Gasteiger charge is 2.01. The Morgan fingerprint density at radius 2 is 2.33 bits per heavy atom. The van der Waals surface area contributed by atoms with E-state index in [1.54, 1.807) is 7.11 Å². The van der Waals surface area contributed by atoms with Crippen LogP contribution in [0.5, 0.6) is 0 Å². The van der Waals surface area contributed by atoms with Gasteiger partial charge in [-0.05, 0) is 6.92 Å². The maximum atomic E-state index is 5.27. The third-order valence-electron chi connectivity index (χ3n) is 1.43. The van der Waals surface area contributed by atoms with E-state index in [0.29, 0.717) is 12.6 Å². The van der Waals surface area contributed by atoms with E-state index in [1.807, 2.05) is 18.9 Å². The summed E-state index contributed by atoms with van der Waals surface area (Å²) in [6, 6.07) is 0. The van der Waals surface area contributed by atoms with Gasteiger partial charge in [-0.15, -0.1) is 0 Å². The highest BCUT2D eigenvalue weighted by atomic mass is 16.5. The normalized spacial score (nSPS) is 11.5. The van der Waals surface area contributed by atoms with Gasteiger partial charge in [-0.25, -0.2) is 5.84 Å². The fraction of sp³-hybridized carbons (Fsp3) is 0.857. The fourth-order valence-corrected chi connectivity index (χ4v) is 0.760. The fourth-order valence-electron chi connectivity index (χ4n) is 0.760. The van der Waals surface area contributed by atoms with E-state index in [0.717, 1.165) is 13.1 Å². The first-order valence-electron chi connectivity index (χ1n) is 3.97. The molecule has 12 heavy (non-hydrogen) atoms. The lowest BCUT2D eigenvalue weighted by Gasteiger charge is -2.19. The molecule has 0 aliphatic heterocycles. The van der Waals surface area contributed by atoms with E-state index in [-0.39, 0.29) is 0 Å². The van der Waals surface area contributed by atoms with Crippen molar-refractivity contribution >= 4 is 5.96 Å². The summed E-state index contributed by atoms with van der Waals surface area (Å²) in [5.41, 5.74) is 2.53. The molecule has 0 aromatic carbocycles. The lowest BCUT2D eigenvalue weighted by Crippen LogP contribution is -2.44. The van der Waals surface area contributed by atoms with Crippen LogP contribution in [0.4, 0.5) is 0 Å². The molecule has 0 fully saturated rings. The second-order valence-electron chi connectivity index (χ2n) is 2.36. The summed E-state index contributed by atoms with van der Waals surface area (Å²) in [6.45, 7) is 4.12. The van der Waals surface area contributed by atoms with Crippen LogP contribution in [0.2, 0.25) is 0 Å². The van der Waals surface area contributed by atoms with Crippen LogP contribution in [0.15, 0.2) is 4.99 Å². The summed E-state index contributed by atoms with van der Waals surface area (Å²) in [5.74, 6) is 5.96. The van der Waals surface area contributed by atoms with Crippen molar-refractivity contribution in [3.8, 4) is 0 Å². The topological polar surface area (TPSA) is 62.9 Å². The number of nitrogens with two attached hydrogens (primary N) is 1. The zero-order valence-electron chi connectivity index (χ0n) is 8.00. The second-order valence-corrected chi connectivity index (χ2v) is 2.36. The maximum Gasteiger partial charge on any atom is 0.208 e. The minimum atomic E-state index is 0.668. The first-order valence-corrected chi connectivity index (χ1v) is 3.97. The molecular weight excluding hydrogens is 156 g/mol. The average Bonchev–Trinajstić information content (AvgIpc) is 2.10. The van der Waals surface area contributed by atoms with Crippen LogP contribution in [0.25, 0.3) is 0 Å². The first kappa shape index (κ1) is 11.2. The molecule has 0 bridgehead atoms. The number of likely N-dealkylation sites (N-methyl/N-ethyl adjacent to an activating group) is 1. The van der Waals surface area contributed by atoms with Crippen LogP contribution in [0.3, 0.4) is 0 Å².